The van der Waals surface area contributed by atoms with E-state index in [0.29, 0.717) is 13.1 Å². The number of para-hydroxylation sites is 2. The number of hydrogen-bond donors (Lipinski definition) is 2. The third-order valence-corrected chi connectivity index (χ3v) is 5.80. The second kappa shape index (κ2) is 9.04. The summed E-state index contributed by atoms with van der Waals surface area (Å²) in [5.74, 6) is 0.193. The van der Waals surface area contributed by atoms with Crippen LogP contribution in [0.1, 0.15) is 19.8 Å². The number of piperidine rings is 1. The predicted molar refractivity (Wildman–Crippen MR) is 112 cm³/mol. The third kappa shape index (κ3) is 5.10. The number of nitrogens with zero attached hydrogens (tertiary/aromatic N) is 1. The quantitative estimate of drug-likeness (QED) is 0.720. The second-order valence-electron chi connectivity index (χ2n) is 6.88. The maximum absolute atomic E-state index is 12.6. The molecule has 1 aliphatic heterocycles. The lowest BCUT2D eigenvalue weighted by Crippen LogP contribution is -2.43. The fourth-order valence-electron chi connectivity index (χ4n) is 3.35. The molecule has 0 unspecified atom stereocenters. The number of hydrogen-bond acceptors (Lipinski definition) is 2. The van der Waals surface area contributed by atoms with Crippen LogP contribution in [0.4, 0.5) is 16.2 Å². The Hall–Kier alpha value is -2.34. The van der Waals surface area contributed by atoms with Gasteiger partial charge in [-0.05, 0) is 59.0 Å². The van der Waals surface area contributed by atoms with E-state index in [2.05, 4.69) is 26.6 Å². The lowest BCUT2D eigenvalue weighted by atomic mass is 9.85. The zero-order valence-electron chi connectivity index (χ0n) is 15.3. The van der Waals surface area contributed by atoms with E-state index in [-0.39, 0.29) is 23.8 Å². The summed E-state index contributed by atoms with van der Waals surface area (Å²) < 4.78 is 0.873. The Morgan fingerprint density at radius 3 is 2.30 bits per heavy atom. The topological polar surface area (TPSA) is 61.4 Å². The highest BCUT2D eigenvalue weighted by Crippen LogP contribution is 2.28. The van der Waals surface area contributed by atoms with Gasteiger partial charge >= 0.3 is 6.03 Å². The van der Waals surface area contributed by atoms with Crippen LogP contribution in [-0.2, 0) is 4.79 Å². The summed E-state index contributed by atoms with van der Waals surface area (Å²) in [6, 6.07) is 17.0. The molecule has 2 aromatic rings. The van der Waals surface area contributed by atoms with Crippen LogP contribution in [-0.4, -0.2) is 29.9 Å². The van der Waals surface area contributed by atoms with E-state index in [1.54, 1.807) is 0 Å². The smallest absolute Gasteiger partial charge is 0.321 e. The molecule has 1 atom stereocenters. The molecule has 0 aromatic heterocycles. The molecule has 0 spiro atoms. The summed E-state index contributed by atoms with van der Waals surface area (Å²) in [7, 11) is 0. The molecule has 1 saturated heterocycles. The molecule has 1 fully saturated rings. The van der Waals surface area contributed by atoms with Crippen molar-refractivity contribution >= 4 is 39.2 Å². The van der Waals surface area contributed by atoms with Crippen molar-refractivity contribution in [3.63, 3.8) is 0 Å². The van der Waals surface area contributed by atoms with Crippen LogP contribution in [0, 0.1) is 11.8 Å². The van der Waals surface area contributed by atoms with E-state index in [4.69, 9.17) is 0 Å². The first-order chi connectivity index (χ1) is 13.0. The largest absolute Gasteiger partial charge is 0.325 e. The molecule has 27 heavy (non-hydrogen) atoms. The van der Waals surface area contributed by atoms with Crippen molar-refractivity contribution in [2.75, 3.05) is 23.7 Å². The number of benzene rings is 2. The van der Waals surface area contributed by atoms with Gasteiger partial charge in [0.1, 0.15) is 0 Å². The summed E-state index contributed by atoms with van der Waals surface area (Å²) in [6.07, 6.45) is 1.65. The Morgan fingerprint density at radius 1 is 1.00 bits per heavy atom. The van der Waals surface area contributed by atoms with Gasteiger partial charge in [-0.25, -0.2) is 4.79 Å². The van der Waals surface area contributed by atoms with Crippen LogP contribution in [0.15, 0.2) is 59.1 Å². The monoisotopic (exact) mass is 429 g/mol. The number of carbonyl (C=O) groups is 2. The molecule has 2 aromatic carbocycles. The third-order valence-electron chi connectivity index (χ3n) is 5.10. The number of halogens is 1. The van der Waals surface area contributed by atoms with E-state index in [9.17, 15) is 9.59 Å². The molecule has 142 valence electrons. The van der Waals surface area contributed by atoms with Crippen molar-refractivity contribution in [1.29, 1.82) is 0 Å². The van der Waals surface area contributed by atoms with Crippen molar-refractivity contribution in [2.24, 2.45) is 11.8 Å². The standard InChI is InChI=1S/C21H24BrN3O2/c1-15(20(26)24-19-10-6-5-9-18(19)22)16-11-13-25(14-12-16)21(27)23-17-7-3-2-4-8-17/h2-10,15-16H,11-14H2,1H3,(H,23,27)(H,24,26)/t15-/m0/s1. The molecular formula is C21H24BrN3O2. The summed E-state index contributed by atoms with van der Waals surface area (Å²) in [5, 5.41) is 5.92. The van der Waals surface area contributed by atoms with Crippen LogP contribution < -0.4 is 10.6 Å². The van der Waals surface area contributed by atoms with E-state index in [1.807, 2.05) is 66.4 Å². The average molecular weight is 430 g/mol. The SMILES string of the molecule is C[C@H](C(=O)Nc1ccccc1Br)C1CCN(C(=O)Nc2ccccc2)CC1. The highest BCUT2D eigenvalue weighted by atomic mass is 79.9. The summed E-state index contributed by atoms with van der Waals surface area (Å²) >= 11 is 3.46. The molecule has 1 heterocycles. The zero-order valence-corrected chi connectivity index (χ0v) is 16.9. The van der Waals surface area contributed by atoms with E-state index >= 15 is 0 Å². The van der Waals surface area contributed by atoms with Crippen LogP contribution in [0.3, 0.4) is 0 Å². The van der Waals surface area contributed by atoms with E-state index < -0.39 is 0 Å². The summed E-state index contributed by atoms with van der Waals surface area (Å²) in [6.45, 7) is 3.29. The zero-order chi connectivity index (χ0) is 19.2. The number of amides is 3. The summed E-state index contributed by atoms with van der Waals surface area (Å²) in [4.78, 5) is 26.8. The molecule has 1 aliphatic rings. The minimum atomic E-state index is -0.101. The van der Waals surface area contributed by atoms with Crippen LogP contribution in [0.2, 0.25) is 0 Å². The van der Waals surface area contributed by atoms with Crippen LogP contribution in [0.25, 0.3) is 0 Å². The fourth-order valence-corrected chi connectivity index (χ4v) is 3.73. The van der Waals surface area contributed by atoms with Crippen molar-refractivity contribution in [1.82, 2.24) is 4.90 Å². The number of nitrogens with one attached hydrogen (secondary N) is 2. The van der Waals surface area contributed by atoms with E-state index in [0.717, 1.165) is 28.7 Å². The van der Waals surface area contributed by atoms with Gasteiger partial charge in [-0.15, -0.1) is 0 Å². The summed E-state index contributed by atoms with van der Waals surface area (Å²) in [5.41, 5.74) is 1.58. The van der Waals surface area contributed by atoms with Crippen LogP contribution in [0.5, 0.6) is 0 Å². The molecule has 3 amide bonds. The van der Waals surface area contributed by atoms with Crippen molar-refractivity contribution in [2.45, 2.75) is 19.8 Å². The Bertz CT molecular complexity index is 789. The van der Waals surface area contributed by atoms with E-state index in [1.165, 1.54) is 0 Å². The van der Waals surface area contributed by atoms with Gasteiger partial charge in [-0.1, -0.05) is 37.3 Å². The van der Waals surface area contributed by atoms with Gasteiger partial charge in [0.25, 0.3) is 0 Å². The van der Waals surface area contributed by atoms with Crippen LogP contribution >= 0.6 is 15.9 Å². The average Bonchev–Trinajstić information content (AvgIpc) is 2.70. The first kappa shape index (κ1) is 19.4. The first-order valence-electron chi connectivity index (χ1n) is 9.21. The van der Waals surface area contributed by atoms with Crippen molar-refractivity contribution < 1.29 is 9.59 Å². The molecular weight excluding hydrogens is 406 g/mol. The highest BCUT2D eigenvalue weighted by molar-refractivity contribution is 9.10. The molecule has 6 heteroatoms. The maximum atomic E-state index is 12.6. The van der Waals surface area contributed by atoms with Gasteiger partial charge < -0.3 is 15.5 Å². The van der Waals surface area contributed by atoms with Gasteiger partial charge in [-0.2, -0.15) is 0 Å². The minimum Gasteiger partial charge on any atom is -0.325 e. The molecule has 5 nitrogen and oxygen atoms in total. The maximum Gasteiger partial charge on any atom is 0.321 e. The number of likely N-dealkylation sites (tertiary alicyclic amines) is 1. The Labute approximate surface area is 168 Å². The number of urea groups is 1. The normalized spacial score (nSPS) is 15.9. The Balaban J connectivity index is 1.50. The van der Waals surface area contributed by atoms with Gasteiger partial charge in [0.2, 0.25) is 5.91 Å². The van der Waals surface area contributed by atoms with Gasteiger partial charge in [0, 0.05) is 29.2 Å². The molecule has 0 bridgehead atoms. The fraction of sp³-hybridized carbons (Fsp3) is 0.333. The number of carbonyl (C=O) groups excluding carboxylic acids is 2. The molecule has 0 aliphatic carbocycles. The lowest BCUT2D eigenvalue weighted by molar-refractivity contribution is -0.121. The van der Waals surface area contributed by atoms with Gasteiger partial charge in [0.05, 0.1) is 5.69 Å². The molecule has 2 N–H and O–H groups in total. The Kier molecular flexibility index (Phi) is 6.50. The molecule has 0 radical (unpaired) electrons. The van der Waals surface area contributed by atoms with Gasteiger partial charge in [-0.3, -0.25) is 4.79 Å². The highest BCUT2D eigenvalue weighted by Gasteiger charge is 2.30. The predicted octanol–water partition coefficient (Wildman–Crippen LogP) is 4.97. The number of anilines is 2. The van der Waals surface area contributed by atoms with Crippen molar-refractivity contribution in [3.8, 4) is 0 Å². The first-order valence-corrected chi connectivity index (χ1v) is 10.0. The lowest BCUT2D eigenvalue weighted by Gasteiger charge is -2.34. The number of rotatable bonds is 4. The van der Waals surface area contributed by atoms with Crippen molar-refractivity contribution in [3.05, 3.63) is 59.1 Å². The molecule has 0 saturated carbocycles. The minimum absolute atomic E-state index is 0.0223. The molecule has 3 rings (SSSR count). The Morgan fingerprint density at radius 2 is 1.63 bits per heavy atom. The van der Waals surface area contributed by atoms with Gasteiger partial charge in [0.15, 0.2) is 0 Å². The second-order valence-corrected chi connectivity index (χ2v) is 7.73.